The Hall–Kier alpha value is -2.15. The largest absolute Gasteiger partial charge is 0.417 e. The number of pyridine rings is 2. The van der Waals surface area contributed by atoms with Gasteiger partial charge >= 0.3 is 6.18 Å². The van der Waals surface area contributed by atoms with E-state index in [9.17, 15) is 26.4 Å². The Balaban J connectivity index is 1.99. The predicted octanol–water partition coefficient (Wildman–Crippen LogP) is 3.42. The Bertz CT molecular complexity index is 1140. The Labute approximate surface area is 192 Å². The molecule has 2 aromatic rings. The summed E-state index contributed by atoms with van der Waals surface area (Å²) in [4.78, 5) is 22.1. The van der Waals surface area contributed by atoms with E-state index in [4.69, 9.17) is 28.3 Å². The van der Waals surface area contributed by atoms with E-state index in [1.807, 2.05) is 0 Å². The van der Waals surface area contributed by atoms with Crippen LogP contribution < -0.4 is 15.4 Å². The predicted molar refractivity (Wildman–Crippen MR) is 113 cm³/mol. The number of carbonyl (C=O) groups is 1. The molecule has 1 fully saturated rings. The van der Waals surface area contributed by atoms with Crippen LogP contribution in [0.15, 0.2) is 35.6 Å². The third-order valence-corrected chi connectivity index (χ3v) is 6.88. The summed E-state index contributed by atoms with van der Waals surface area (Å²) in [7, 11) is -4.15. The molecule has 0 unspecified atom stereocenters. The molecule has 0 spiro atoms. The zero-order valence-corrected chi connectivity index (χ0v) is 18.9. The van der Waals surface area contributed by atoms with Gasteiger partial charge in [0, 0.05) is 43.2 Å². The van der Waals surface area contributed by atoms with Crippen LogP contribution in [0, 0.1) is 5.92 Å². The summed E-state index contributed by atoms with van der Waals surface area (Å²) < 4.78 is 61.8. The molecule has 14 heteroatoms. The van der Waals surface area contributed by atoms with Crippen molar-refractivity contribution in [3.8, 4) is 0 Å². The van der Waals surface area contributed by atoms with Crippen molar-refractivity contribution >= 4 is 50.6 Å². The van der Waals surface area contributed by atoms with Crippen LogP contribution in [0.1, 0.15) is 29.3 Å². The van der Waals surface area contributed by atoms with Gasteiger partial charge in [-0.3, -0.25) is 4.79 Å². The molecule has 1 saturated heterocycles. The first kappa shape index (κ1) is 24.5. The summed E-state index contributed by atoms with van der Waals surface area (Å²) in [6, 6.07) is 2.95. The first-order valence-corrected chi connectivity index (χ1v) is 11.5. The van der Waals surface area contributed by atoms with Gasteiger partial charge in [-0.25, -0.2) is 23.5 Å². The van der Waals surface area contributed by atoms with Gasteiger partial charge in [0.2, 0.25) is 0 Å². The second-order valence-electron chi connectivity index (χ2n) is 7.33. The maximum absolute atomic E-state index is 13.3. The summed E-state index contributed by atoms with van der Waals surface area (Å²) in [5.41, 5.74) is -1.48. The first-order chi connectivity index (χ1) is 14.7. The third kappa shape index (κ3) is 5.42. The SMILES string of the molecule is C[C@@H]1CN(c2ncc(C(F)(F)F)cc2C(=O)Nc2ccnc(S(N)(=O)=O)c2)CCC1(Cl)Cl. The summed E-state index contributed by atoms with van der Waals surface area (Å²) in [5, 5.41) is 6.89. The number of sulfonamides is 1. The highest BCUT2D eigenvalue weighted by Gasteiger charge is 2.39. The number of nitrogens with zero attached hydrogens (tertiary/aromatic N) is 3. The zero-order valence-electron chi connectivity index (χ0n) is 16.5. The van der Waals surface area contributed by atoms with E-state index >= 15 is 0 Å². The smallest absolute Gasteiger partial charge is 0.355 e. The molecule has 3 N–H and O–H groups in total. The number of nitrogens with one attached hydrogen (secondary N) is 1. The average Bonchev–Trinajstić information content (AvgIpc) is 2.68. The van der Waals surface area contributed by atoms with E-state index < -0.39 is 37.0 Å². The van der Waals surface area contributed by atoms with Gasteiger partial charge in [-0.1, -0.05) is 6.92 Å². The molecular weight excluding hydrogens is 494 g/mol. The van der Waals surface area contributed by atoms with Crippen LogP contribution in [0.5, 0.6) is 0 Å². The van der Waals surface area contributed by atoms with Crippen molar-refractivity contribution in [2.45, 2.75) is 28.9 Å². The van der Waals surface area contributed by atoms with Crippen LogP contribution in [0.4, 0.5) is 24.7 Å². The number of aromatic nitrogens is 2. The Kier molecular flexibility index (Phi) is 6.62. The number of alkyl halides is 5. The highest BCUT2D eigenvalue weighted by molar-refractivity contribution is 7.89. The molecule has 0 aromatic carbocycles. The van der Waals surface area contributed by atoms with Crippen molar-refractivity contribution in [1.29, 1.82) is 0 Å². The molecule has 1 amide bonds. The number of piperidine rings is 1. The lowest BCUT2D eigenvalue weighted by Gasteiger charge is -2.40. The normalized spacial score (nSPS) is 19.0. The summed E-state index contributed by atoms with van der Waals surface area (Å²) in [5.74, 6) is -1.16. The van der Waals surface area contributed by atoms with Gasteiger partial charge in [-0.2, -0.15) is 13.2 Å². The Morgan fingerprint density at radius 1 is 1.31 bits per heavy atom. The standard InChI is InChI=1S/C18H18Cl2F3N5O3S/c1-10-9-28(5-3-17(10,19)20)15-13(6-11(8-26-15)18(21,22)23)16(29)27-12-2-4-25-14(7-12)32(24,30)31/h2,4,6-8,10H,3,5,9H2,1H3,(H2,24,30,31)(H,25,27,29)/t10-/m1/s1. The zero-order chi connectivity index (χ0) is 23.9. The van der Waals surface area contributed by atoms with E-state index in [1.165, 1.54) is 6.07 Å². The summed E-state index contributed by atoms with van der Waals surface area (Å²) in [6.45, 7) is 2.30. The molecule has 2 aromatic heterocycles. The molecule has 3 rings (SSSR count). The van der Waals surface area contributed by atoms with Crippen LogP contribution in [-0.2, 0) is 16.2 Å². The molecular formula is C18H18Cl2F3N5O3S. The summed E-state index contributed by atoms with van der Waals surface area (Å²) in [6.07, 6.45) is -2.68. The van der Waals surface area contributed by atoms with Crippen molar-refractivity contribution in [3.63, 3.8) is 0 Å². The molecule has 0 radical (unpaired) electrons. The van der Waals surface area contributed by atoms with Crippen molar-refractivity contribution in [3.05, 3.63) is 41.7 Å². The molecule has 174 valence electrons. The fourth-order valence-corrected chi connectivity index (χ4v) is 3.96. The van der Waals surface area contributed by atoms with Crippen LogP contribution in [0.3, 0.4) is 0 Å². The fraction of sp³-hybridized carbons (Fsp3) is 0.389. The van der Waals surface area contributed by atoms with Crippen molar-refractivity contribution in [2.24, 2.45) is 11.1 Å². The van der Waals surface area contributed by atoms with E-state index in [1.54, 1.807) is 11.8 Å². The topological polar surface area (TPSA) is 118 Å². The first-order valence-electron chi connectivity index (χ1n) is 9.19. The van der Waals surface area contributed by atoms with E-state index in [-0.39, 0.29) is 36.1 Å². The number of nitrogens with two attached hydrogens (primary N) is 1. The molecule has 1 atom stereocenters. The minimum atomic E-state index is -4.73. The van der Waals surface area contributed by atoms with Gasteiger partial charge in [0.25, 0.3) is 15.9 Å². The third-order valence-electron chi connectivity index (χ3n) is 4.95. The lowest BCUT2D eigenvalue weighted by molar-refractivity contribution is -0.137. The van der Waals surface area contributed by atoms with Crippen LogP contribution in [0.2, 0.25) is 0 Å². The lowest BCUT2D eigenvalue weighted by Crippen LogP contribution is -2.45. The molecule has 0 aliphatic carbocycles. The molecule has 1 aliphatic rings. The van der Waals surface area contributed by atoms with E-state index in [2.05, 4.69) is 15.3 Å². The van der Waals surface area contributed by atoms with Gasteiger partial charge in [0.15, 0.2) is 5.03 Å². The van der Waals surface area contributed by atoms with Crippen LogP contribution in [-0.4, -0.2) is 41.7 Å². The van der Waals surface area contributed by atoms with Gasteiger partial charge in [-0.15, -0.1) is 23.2 Å². The molecule has 0 saturated carbocycles. The quantitative estimate of drug-likeness (QED) is 0.607. The van der Waals surface area contributed by atoms with Crippen molar-refractivity contribution < 1.29 is 26.4 Å². The number of rotatable bonds is 4. The second-order valence-corrected chi connectivity index (χ2v) is 10.4. The molecule has 3 heterocycles. The number of primary sulfonamides is 1. The van der Waals surface area contributed by atoms with Crippen LogP contribution in [0.25, 0.3) is 0 Å². The monoisotopic (exact) mass is 511 g/mol. The van der Waals surface area contributed by atoms with E-state index in [0.29, 0.717) is 18.7 Å². The van der Waals surface area contributed by atoms with Crippen molar-refractivity contribution in [2.75, 3.05) is 23.3 Å². The maximum Gasteiger partial charge on any atom is 0.417 e. The lowest BCUT2D eigenvalue weighted by atomic mass is 9.98. The molecule has 8 nitrogen and oxygen atoms in total. The Morgan fingerprint density at radius 2 is 2.00 bits per heavy atom. The van der Waals surface area contributed by atoms with Gasteiger partial charge in [-0.05, 0) is 18.6 Å². The number of anilines is 2. The summed E-state index contributed by atoms with van der Waals surface area (Å²) >= 11 is 12.5. The fourth-order valence-electron chi connectivity index (χ4n) is 3.15. The van der Waals surface area contributed by atoms with Gasteiger partial charge in [0.05, 0.1) is 11.1 Å². The molecule has 1 aliphatic heterocycles. The number of hydrogen-bond donors (Lipinski definition) is 2. The van der Waals surface area contributed by atoms with Crippen LogP contribution >= 0.6 is 23.2 Å². The van der Waals surface area contributed by atoms with E-state index in [0.717, 1.165) is 12.3 Å². The maximum atomic E-state index is 13.3. The molecule has 0 bridgehead atoms. The second kappa shape index (κ2) is 8.65. The number of amides is 1. The highest BCUT2D eigenvalue weighted by Crippen LogP contribution is 2.40. The van der Waals surface area contributed by atoms with Gasteiger partial charge < -0.3 is 10.2 Å². The number of halogens is 5. The average molecular weight is 512 g/mol. The Morgan fingerprint density at radius 3 is 2.59 bits per heavy atom. The minimum Gasteiger partial charge on any atom is -0.355 e. The number of carbonyl (C=O) groups excluding carboxylic acids is 1. The molecule has 32 heavy (non-hydrogen) atoms. The van der Waals surface area contributed by atoms with Crippen molar-refractivity contribution in [1.82, 2.24) is 9.97 Å². The highest BCUT2D eigenvalue weighted by atomic mass is 35.5. The number of hydrogen-bond acceptors (Lipinski definition) is 6. The van der Waals surface area contributed by atoms with Gasteiger partial charge in [0.1, 0.15) is 10.2 Å². The minimum absolute atomic E-state index is 0.0203.